The van der Waals surface area contributed by atoms with E-state index >= 15 is 0 Å². The standard InChI is InChI=1S/C16H16ClFN2O2S/c1-9-7-20(8-10(2)22-9)16-19-15(21)14(23-16)6-11-12(17)4-3-5-13(11)18/h3-6,9-10H,7-8H2,1-2H3/b14-6-/t9-,10+. The van der Waals surface area contributed by atoms with Crippen LogP contribution in [0.4, 0.5) is 4.39 Å². The molecule has 0 unspecified atom stereocenters. The number of amidine groups is 1. The minimum Gasteiger partial charge on any atom is -0.372 e. The summed E-state index contributed by atoms with van der Waals surface area (Å²) >= 11 is 7.26. The van der Waals surface area contributed by atoms with Crippen LogP contribution in [0.5, 0.6) is 0 Å². The lowest BCUT2D eigenvalue weighted by Crippen LogP contribution is -2.47. The van der Waals surface area contributed by atoms with Gasteiger partial charge in [-0.25, -0.2) is 4.39 Å². The minimum atomic E-state index is -0.458. The fourth-order valence-corrected chi connectivity index (χ4v) is 3.78. The number of benzene rings is 1. The number of hydrogen-bond donors (Lipinski definition) is 0. The number of carbonyl (C=O) groups is 1. The molecule has 0 bridgehead atoms. The molecule has 1 aromatic rings. The largest absolute Gasteiger partial charge is 0.372 e. The predicted molar refractivity (Wildman–Crippen MR) is 91.0 cm³/mol. The van der Waals surface area contributed by atoms with Crippen LogP contribution in [0.15, 0.2) is 28.1 Å². The summed E-state index contributed by atoms with van der Waals surface area (Å²) in [5.41, 5.74) is 0.213. The molecule has 0 N–H and O–H groups in total. The van der Waals surface area contributed by atoms with Crippen molar-refractivity contribution in [2.45, 2.75) is 26.1 Å². The Labute approximate surface area is 143 Å². The summed E-state index contributed by atoms with van der Waals surface area (Å²) in [7, 11) is 0. The molecule has 0 spiro atoms. The van der Waals surface area contributed by atoms with E-state index in [4.69, 9.17) is 16.3 Å². The second kappa shape index (κ2) is 6.63. The molecule has 3 rings (SSSR count). The van der Waals surface area contributed by atoms with Gasteiger partial charge in [-0.15, -0.1) is 0 Å². The molecular weight excluding hydrogens is 339 g/mol. The molecule has 122 valence electrons. The average Bonchev–Trinajstić information content (AvgIpc) is 2.83. The topological polar surface area (TPSA) is 41.9 Å². The van der Waals surface area contributed by atoms with Crippen molar-refractivity contribution in [3.05, 3.63) is 39.5 Å². The third-order valence-corrected chi connectivity index (χ3v) is 4.95. The molecule has 0 aromatic heterocycles. The third kappa shape index (κ3) is 3.59. The van der Waals surface area contributed by atoms with Gasteiger partial charge in [0.05, 0.1) is 22.1 Å². The number of halogens is 2. The van der Waals surface area contributed by atoms with Gasteiger partial charge in [0, 0.05) is 18.7 Å². The number of carbonyl (C=O) groups excluding carboxylic acids is 1. The Hall–Kier alpha value is -1.37. The van der Waals surface area contributed by atoms with Crippen molar-refractivity contribution in [3.8, 4) is 0 Å². The highest BCUT2D eigenvalue weighted by Crippen LogP contribution is 2.33. The number of aliphatic imine (C=N–C) groups is 1. The molecule has 1 aromatic carbocycles. The number of amides is 1. The third-order valence-electron chi connectivity index (χ3n) is 3.57. The molecule has 4 nitrogen and oxygen atoms in total. The molecular formula is C16H16ClFN2O2S. The molecule has 2 aliphatic heterocycles. The van der Waals surface area contributed by atoms with Crippen molar-refractivity contribution in [3.63, 3.8) is 0 Å². The lowest BCUT2D eigenvalue weighted by atomic mass is 10.2. The Kier molecular flexibility index (Phi) is 4.75. The number of morpholine rings is 1. The van der Waals surface area contributed by atoms with Crippen molar-refractivity contribution in [2.24, 2.45) is 4.99 Å². The number of thioether (sulfide) groups is 1. The second-order valence-corrected chi connectivity index (χ2v) is 7.02. The zero-order valence-corrected chi connectivity index (χ0v) is 14.3. The van der Waals surface area contributed by atoms with Crippen LogP contribution >= 0.6 is 23.4 Å². The van der Waals surface area contributed by atoms with Gasteiger partial charge in [0.25, 0.3) is 5.91 Å². The van der Waals surface area contributed by atoms with Crippen molar-refractivity contribution in [1.29, 1.82) is 0 Å². The van der Waals surface area contributed by atoms with E-state index in [1.54, 1.807) is 6.07 Å². The van der Waals surface area contributed by atoms with Crippen LogP contribution in [0.25, 0.3) is 6.08 Å². The summed E-state index contributed by atoms with van der Waals surface area (Å²) in [6.07, 6.45) is 1.62. The Morgan fingerprint density at radius 2 is 2.09 bits per heavy atom. The van der Waals surface area contributed by atoms with Gasteiger partial charge in [-0.3, -0.25) is 4.79 Å². The summed E-state index contributed by atoms with van der Waals surface area (Å²) in [6.45, 7) is 5.33. The highest BCUT2D eigenvalue weighted by atomic mass is 35.5. The SMILES string of the molecule is C[C@@H]1CN(C2=NC(=O)/C(=C/c3c(F)cccc3Cl)S2)C[C@H](C)O1. The molecule has 23 heavy (non-hydrogen) atoms. The molecule has 2 aliphatic rings. The van der Waals surface area contributed by atoms with Gasteiger partial charge >= 0.3 is 0 Å². The molecule has 1 saturated heterocycles. The van der Waals surface area contributed by atoms with Crippen molar-refractivity contribution in [1.82, 2.24) is 4.90 Å². The van der Waals surface area contributed by atoms with E-state index in [2.05, 4.69) is 4.99 Å². The van der Waals surface area contributed by atoms with Gasteiger partial charge in [0.15, 0.2) is 5.17 Å². The van der Waals surface area contributed by atoms with Crippen LogP contribution in [0.1, 0.15) is 19.4 Å². The van der Waals surface area contributed by atoms with E-state index in [-0.39, 0.29) is 28.7 Å². The summed E-state index contributed by atoms with van der Waals surface area (Å²) in [5, 5.41) is 0.906. The van der Waals surface area contributed by atoms with Crippen molar-refractivity contribution >= 4 is 40.5 Å². The Morgan fingerprint density at radius 3 is 2.74 bits per heavy atom. The Morgan fingerprint density at radius 1 is 1.39 bits per heavy atom. The first-order chi connectivity index (χ1) is 10.9. The smallest absolute Gasteiger partial charge is 0.286 e. The van der Waals surface area contributed by atoms with Gasteiger partial charge in [-0.2, -0.15) is 4.99 Å². The molecule has 0 radical (unpaired) electrons. The van der Waals surface area contributed by atoms with E-state index < -0.39 is 5.82 Å². The average molecular weight is 355 g/mol. The van der Waals surface area contributed by atoms with Crippen LogP contribution in [0.2, 0.25) is 5.02 Å². The maximum atomic E-state index is 13.9. The fourth-order valence-electron chi connectivity index (χ4n) is 2.65. The van der Waals surface area contributed by atoms with E-state index in [1.807, 2.05) is 18.7 Å². The summed E-state index contributed by atoms with van der Waals surface area (Å²) in [5.74, 6) is -0.823. The van der Waals surface area contributed by atoms with Crippen LogP contribution in [0, 0.1) is 5.82 Å². The number of rotatable bonds is 1. The van der Waals surface area contributed by atoms with E-state index in [0.29, 0.717) is 23.2 Å². The van der Waals surface area contributed by atoms with Gasteiger partial charge in [0.1, 0.15) is 5.82 Å². The lowest BCUT2D eigenvalue weighted by Gasteiger charge is -2.35. The molecule has 1 fully saturated rings. The minimum absolute atomic E-state index is 0.0752. The molecule has 2 heterocycles. The second-order valence-electron chi connectivity index (χ2n) is 5.61. The van der Waals surface area contributed by atoms with Crippen molar-refractivity contribution < 1.29 is 13.9 Å². The quantitative estimate of drug-likeness (QED) is 0.723. The summed E-state index contributed by atoms with van der Waals surface area (Å²) in [6, 6.07) is 4.44. The zero-order chi connectivity index (χ0) is 16.6. The van der Waals surface area contributed by atoms with E-state index in [0.717, 1.165) is 0 Å². The summed E-state index contributed by atoms with van der Waals surface area (Å²) < 4.78 is 19.6. The molecule has 0 saturated carbocycles. The Bertz CT molecular complexity index is 677. The van der Waals surface area contributed by atoms with E-state index in [1.165, 1.54) is 30.0 Å². The maximum absolute atomic E-state index is 13.9. The predicted octanol–water partition coefficient (Wildman–Crippen LogP) is 3.56. The van der Waals surface area contributed by atoms with Crippen molar-refractivity contribution in [2.75, 3.05) is 13.1 Å². The molecule has 1 amide bonds. The molecule has 0 aliphatic carbocycles. The van der Waals surface area contributed by atoms with E-state index in [9.17, 15) is 9.18 Å². The van der Waals surface area contributed by atoms with Crippen LogP contribution < -0.4 is 0 Å². The lowest BCUT2D eigenvalue weighted by molar-refractivity contribution is -0.113. The first-order valence-electron chi connectivity index (χ1n) is 7.31. The highest BCUT2D eigenvalue weighted by molar-refractivity contribution is 8.18. The number of hydrogen-bond acceptors (Lipinski definition) is 4. The van der Waals surface area contributed by atoms with Gasteiger partial charge in [-0.1, -0.05) is 17.7 Å². The zero-order valence-electron chi connectivity index (χ0n) is 12.8. The first-order valence-corrected chi connectivity index (χ1v) is 8.50. The fraction of sp³-hybridized carbons (Fsp3) is 0.375. The molecule has 7 heteroatoms. The molecule has 2 atom stereocenters. The number of ether oxygens (including phenoxy) is 1. The number of nitrogens with zero attached hydrogens (tertiary/aromatic N) is 2. The monoisotopic (exact) mass is 354 g/mol. The first kappa shape index (κ1) is 16.5. The van der Waals surface area contributed by atoms with Crippen LogP contribution in [0.3, 0.4) is 0 Å². The van der Waals surface area contributed by atoms with Gasteiger partial charge in [-0.05, 0) is 43.8 Å². The Balaban J connectivity index is 1.81. The maximum Gasteiger partial charge on any atom is 0.286 e. The van der Waals surface area contributed by atoms with Gasteiger partial charge < -0.3 is 9.64 Å². The summed E-state index contributed by atoms with van der Waals surface area (Å²) in [4.78, 5) is 18.6. The normalized spacial score (nSPS) is 26.8. The highest BCUT2D eigenvalue weighted by Gasteiger charge is 2.31. The van der Waals surface area contributed by atoms with Crippen LogP contribution in [-0.4, -0.2) is 41.3 Å². The van der Waals surface area contributed by atoms with Crippen LogP contribution in [-0.2, 0) is 9.53 Å². The van der Waals surface area contributed by atoms with Gasteiger partial charge in [0.2, 0.25) is 0 Å².